The lowest BCUT2D eigenvalue weighted by molar-refractivity contribution is -0.115. The molecule has 0 aromatic heterocycles. The van der Waals surface area contributed by atoms with Crippen LogP contribution in [-0.2, 0) is 11.2 Å². The molecule has 0 heterocycles. The second kappa shape index (κ2) is 5.96. The van der Waals surface area contributed by atoms with Crippen molar-refractivity contribution in [2.24, 2.45) is 0 Å². The molecule has 2 aromatic rings. The number of amides is 1. The van der Waals surface area contributed by atoms with Crippen LogP contribution >= 0.6 is 0 Å². The zero-order chi connectivity index (χ0) is 15.4. The van der Waals surface area contributed by atoms with Crippen molar-refractivity contribution in [2.45, 2.75) is 6.42 Å². The molecule has 4 N–H and O–H groups in total. The molecular weight excluding hydrogens is 274 g/mol. The van der Waals surface area contributed by atoms with Gasteiger partial charge in [-0.3, -0.25) is 4.79 Å². The molecule has 2 aromatic carbocycles. The number of carboxylic acids is 1. The molecule has 21 heavy (non-hydrogen) atoms. The van der Waals surface area contributed by atoms with Gasteiger partial charge in [0.05, 0.1) is 6.42 Å². The summed E-state index contributed by atoms with van der Waals surface area (Å²) < 4.78 is 0. The van der Waals surface area contributed by atoms with Gasteiger partial charge < -0.3 is 20.6 Å². The maximum absolute atomic E-state index is 11.8. The number of anilines is 1. The fourth-order valence-corrected chi connectivity index (χ4v) is 1.83. The molecule has 0 aliphatic carbocycles. The number of hydrogen-bond acceptors (Lipinski definition) is 4. The Morgan fingerprint density at radius 2 is 1.76 bits per heavy atom. The van der Waals surface area contributed by atoms with Gasteiger partial charge in [-0.05, 0) is 18.2 Å². The van der Waals surface area contributed by atoms with Gasteiger partial charge in [0.2, 0.25) is 5.91 Å². The van der Waals surface area contributed by atoms with Crippen molar-refractivity contribution in [2.75, 3.05) is 5.32 Å². The van der Waals surface area contributed by atoms with E-state index in [1.807, 2.05) is 0 Å². The molecule has 110 valence electrons. The van der Waals surface area contributed by atoms with Crippen molar-refractivity contribution >= 4 is 17.6 Å². The minimum absolute atomic E-state index is 0. The smallest absolute Gasteiger partial charge is 0.339 e. The van der Waals surface area contributed by atoms with E-state index in [2.05, 4.69) is 5.32 Å². The van der Waals surface area contributed by atoms with Crippen molar-refractivity contribution in [3.05, 3.63) is 53.6 Å². The van der Waals surface area contributed by atoms with Gasteiger partial charge in [0, 0.05) is 18.7 Å². The lowest BCUT2D eigenvalue weighted by atomic mass is 10.1. The number of phenols is 2. The van der Waals surface area contributed by atoms with Gasteiger partial charge in [-0.25, -0.2) is 4.79 Å². The van der Waals surface area contributed by atoms with E-state index in [-0.39, 0.29) is 30.8 Å². The third-order valence-electron chi connectivity index (χ3n) is 2.85. The molecule has 0 radical (unpaired) electrons. The fraction of sp³-hybridized carbons (Fsp3) is 0.0667. The Morgan fingerprint density at radius 1 is 1.05 bits per heavy atom. The summed E-state index contributed by atoms with van der Waals surface area (Å²) in [7, 11) is 0. The lowest BCUT2D eigenvalue weighted by Crippen LogP contribution is -2.14. The Labute approximate surface area is 121 Å². The van der Waals surface area contributed by atoms with E-state index in [1.54, 1.807) is 18.2 Å². The lowest BCUT2D eigenvalue weighted by Gasteiger charge is -2.08. The van der Waals surface area contributed by atoms with E-state index >= 15 is 0 Å². The van der Waals surface area contributed by atoms with E-state index in [9.17, 15) is 19.8 Å². The second-order valence-electron chi connectivity index (χ2n) is 4.39. The van der Waals surface area contributed by atoms with Gasteiger partial charge in [-0.2, -0.15) is 0 Å². The van der Waals surface area contributed by atoms with Crippen LogP contribution in [-0.4, -0.2) is 27.2 Å². The van der Waals surface area contributed by atoms with E-state index in [0.29, 0.717) is 5.56 Å². The van der Waals surface area contributed by atoms with E-state index in [1.165, 1.54) is 18.2 Å². The Balaban J connectivity index is 0.00000242. The summed E-state index contributed by atoms with van der Waals surface area (Å²) in [5.74, 6) is -2.04. The highest BCUT2D eigenvalue weighted by atomic mass is 16.4. The summed E-state index contributed by atoms with van der Waals surface area (Å²) in [6, 6.07) is 10.2. The summed E-state index contributed by atoms with van der Waals surface area (Å²) in [6.07, 6.45) is -0.0336. The number of aromatic hydroxyl groups is 2. The molecule has 0 unspecified atom stereocenters. The molecule has 0 bridgehead atoms. The first-order valence-electron chi connectivity index (χ1n) is 6.10. The third kappa shape index (κ3) is 3.50. The first kappa shape index (κ1) is 14.4. The van der Waals surface area contributed by atoms with Crippen LogP contribution < -0.4 is 5.32 Å². The molecule has 0 spiro atoms. The molecule has 0 saturated heterocycles. The van der Waals surface area contributed by atoms with Gasteiger partial charge in [0.25, 0.3) is 0 Å². The molecule has 0 fully saturated rings. The third-order valence-corrected chi connectivity index (χ3v) is 2.85. The Kier molecular flexibility index (Phi) is 4.08. The number of nitrogens with one attached hydrogen (secondary N) is 1. The quantitative estimate of drug-likeness (QED) is 0.690. The molecule has 6 heteroatoms. The topological polar surface area (TPSA) is 107 Å². The molecule has 0 aliphatic heterocycles. The van der Waals surface area contributed by atoms with Gasteiger partial charge in [0.15, 0.2) is 0 Å². The largest absolute Gasteiger partial charge is 0.508 e. The fourth-order valence-electron chi connectivity index (χ4n) is 1.83. The summed E-state index contributed by atoms with van der Waals surface area (Å²) in [6.45, 7) is 0. The summed E-state index contributed by atoms with van der Waals surface area (Å²) in [5, 5.41) is 30.4. The number of rotatable bonds is 4. The van der Waals surface area contributed by atoms with Crippen LogP contribution in [0.25, 0.3) is 0 Å². The van der Waals surface area contributed by atoms with Crippen LogP contribution in [0.1, 0.15) is 17.3 Å². The molecule has 2 rings (SSSR count). The molecule has 6 nitrogen and oxygen atoms in total. The first-order valence-corrected chi connectivity index (χ1v) is 6.10. The minimum Gasteiger partial charge on any atom is -0.508 e. The Morgan fingerprint density at radius 3 is 2.38 bits per heavy atom. The number of carbonyl (C=O) groups is 2. The zero-order valence-corrected chi connectivity index (χ0v) is 10.9. The second-order valence-corrected chi connectivity index (χ2v) is 4.39. The van der Waals surface area contributed by atoms with E-state index in [4.69, 9.17) is 5.11 Å². The normalized spacial score (nSPS) is 10.1. The maximum Gasteiger partial charge on any atom is 0.339 e. The minimum atomic E-state index is -1.25. The molecular formula is C15H15NO5. The highest BCUT2D eigenvalue weighted by molar-refractivity contribution is 5.95. The molecule has 0 atom stereocenters. The van der Waals surface area contributed by atoms with Crippen LogP contribution in [0.5, 0.6) is 11.5 Å². The maximum atomic E-state index is 11.8. The molecule has 1 amide bonds. The van der Waals surface area contributed by atoms with Crippen LogP contribution in [0.4, 0.5) is 5.69 Å². The van der Waals surface area contributed by atoms with Gasteiger partial charge >= 0.3 is 5.97 Å². The predicted octanol–water partition coefficient (Wildman–Crippen LogP) is 2.22. The van der Waals surface area contributed by atoms with Crippen LogP contribution in [0, 0.1) is 0 Å². The van der Waals surface area contributed by atoms with E-state index in [0.717, 1.165) is 6.07 Å². The van der Waals surface area contributed by atoms with Crippen molar-refractivity contribution in [3.63, 3.8) is 0 Å². The highest BCUT2D eigenvalue weighted by Gasteiger charge is 2.12. The Hall–Kier alpha value is -3.02. The SMILES string of the molecule is O=C(Cc1ccccc1O)Nc1ccc(C(=O)O)c(O)c1.[HH]. The number of hydrogen-bond donors (Lipinski definition) is 4. The van der Waals surface area contributed by atoms with Crippen LogP contribution in [0.2, 0.25) is 0 Å². The van der Waals surface area contributed by atoms with Crippen molar-refractivity contribution in [3.8, 4) is 11.5 Å². The van der Waals surface area contributed by atoms with Crippen LogP contribution in [0.15, 0.2) is 42.5 Å². The zero-order valence-electron chi connectivity index (χ0n) is 10.9. The number of carboxylic acid groups (broad SMARTS) is 1. The average molecular weight is 289 g/mol. The van der Waals surface area contributed by atoms with Crippen molar-refractivity contribution in [1.29, 1.82) is 0 Å². The van der Waals surface area contributed by atoms with Gasteiger partial charge in [0.1, 0.15) is 17.1 Å². The number of benzene rings is 2. The monoisotopic (exact) mass is 289 g/mol. The standard InChI is InChI=1S/C15H13NO5.H2/c17-12-4-2-1-3-9(12)7-14(19)16-10-5-6-11(15(20)21)13(18)8-10;/h1-6,8,17-18H,7H2,(H,16,19)(H,20,21);1H. The van der Waals surface area contributed by atoms with Crippen LogP contribution in [0.3, 0.4) is 0 Å². The average Bonchev–Trinajstić information content (AvgIpc) is 2.41. The highest BCUT2D eigenvalue weighted by Crippen LogP contribution is 2.22. The molecule has 0 saturated carbocycles. The van der Waals surface area contributed by atoms with Gasteiger partial charge in [-0.15, -0.1) is 0 Å². The summed E-state index contributed by atoms with van der Waals surface area (Å²) >= 11 is 0. The first-order chi connectivity index (χ1) is 9.97. The Bertz CT molecular complexity index is 702. The number of aromatic carboxylic acids is 1. The van der Waals surface area contributed by atoms with Gasteiger partial charge in [-0.1, -0.05) is 18.2 Å². The predicted molar refractivity (Wildman–Crippen MR) is 77.6 cm³/mol. The van der Waals surface area contributed by atoms with E-state index < -0.39 is 11.7 Å². The van der Waals surface area contributed by atoms with Crippen molar-refractivity contribution in [1.82, 2.24) is 0 Å². The number of carbonyl (C=O) groups excluding carboxylic acids is 1. The number of para-hydroxylation sites is 1. The molecule has 0 aliphatic rings. The summed E-state index contributed by atoms with van der Waals surface area (Å²) in [5.41, 5.74) is 0.507. The summed E-state index contributed by atoms with van der Waals surface area (Å²) in [4.78, 5) is 22.6. The number of phenolic OH excluding ortho intramolecular Hbond substituents is 1. The van der Waals surface area contributed by atoms with Crippen molar-refractivity contribution < 1.29 is 26.3 Å².